The highest BCUT2D eigenvalue weighted by Gasteiger charge is 2.49. The first-order chi connectivity index (χ1) is 7.07. The maximum Gasteiger partial charge on any atom is 0.307 e. The number of allylic oxidation sites excluding steroid dienone is 1. The Bertz CT molecular complexity index is 275. The monoisotopic (exact) mass is 211 g/mol. The molecule has 1 aliphatic carbocycles. The molecule has 0 aromatic rings. The van der Waals surface area contributed by atoms with Gasteiger partial charge in [-0.05, 0) is 19.3 Å². The molecule has 1 saturated carbocycles. The van der Waals surface area contributed by atoms with Crippen molar-refractivity contribution in [2.75, 3.05) is 13.6 Å². The SMILES string of the molecule is C=CCCCN(C)C(=O)[C@@H]1C[C@@H]1C(=O)O. The fourth-order valence-electron chi connectivity index (χ4n) is 1.61. The molecule has 0 saturated heterocycles. The van der Waals surface area contributed by atoms with Gasteiger partial charge in [0.05, 0.1) is 11.8 Å². The highest BCUT2D eigenvalue weighted by atomic mass is 16.4. The van der Waals surface area contributed by atoms with Gasteiger partial charge in [-0.2, -0.15) is 0 Å². The van der Waals surface area contributed by atoms with Crippen molar-refractivity contribution in [3.05, 3.63) is 12.7 Å². The maximum atomic E-state index is 11.7. The summed E-state index contributed by atoms with van der Waals surface area (Å²) in [4.78, 5) is 23.8. The topological polar surface area (TPSA) is 57.6 Å². The summed E-state index contributed by atoms with van der Waals surface area (Å²) in [5.41, 5.74) is 0. The van der Waals surface area contributed by atoms with Gasteiger partial charge in [-0.1, -0.05) is 6.08 Å². The van der Waals surface area contributed by atoms with E-state index in [1.54, 1.807) is 11.9 Å². The van der Waals surface area contributed by atoms with E-state index < -0.39 is 11.9 Å². The predicted molar refractivity (Wildman–Crippen MR) is 56.3 cm³/mol. The fourth-order valence-corrected chi connectivity index (χ4v) is 1.61. The zero-order chi connectivity index (χ0) is 11.4. The highest BCUT2D eigenvalue weighted by molar-refractivity contribution is 5.89. The lowest BCUT2D eigenvalue weighted by atomic mass is 10.2. The number of rotatable bonds is 6. The number of hydrogen-bond donors (Lipinski definition) is 1. The van der Waals surface area contributed by atoms with E-state index in [4.69, 9.17) is 5.11 Å². The third kappa shape index (κ3) is 3.08. The molecule has 0 heterocycles. The predicted octanol–water partition coefficient (Wildman–Crippen LogP) is 1.13. The van der Waals surface area contributed by atoms with Crippen molar-refractivity contribution in [2.45, 2.75) is 19.3 Å². The second-order valence-corrected chi connectivity index (χ2v) is 3.98. The summed E-state index contributed by atoms with van der Waals surface area (Å²) in [6.07, 6.45) is 4.08. The number of amides is 1. The van der Waals surface area contributed by atoms with Gasteiger partial charge in [0.2, 0.25) is 5.91 Å². The zero-order valence-electron chi connectivity index (χ0n) is 8.98. The van der Waals surface area contributed by atoms with Crippen molar-refractivity contribution in [3.8, 4) is 0 Å². The first-order valence-electron chi connectivity index (χ1n) is 5.16. The van der Waals surface area contributed by atoms with E-state index in [0.717, 1.165) is 12.8 Å². The summed E-state index contributed by atoms with van der Waals surface area (Å²) >= 11 is 0. The van der Waals surface area contributed by atoms with Crippen LogP contribution in [0.1, 0.15) is 19.3 Å². The van der Waals surface area contributed by atoms with Crippen LogP contribution in [0.15, 0.2) is 12.7 Å². The Balaban J connectivity index is 2.29. The number of unbranched alkanes of at least 4 members (excludes halogenated alkanes) is 1. The van der Waals surface area contributed by atoms with Crippen LogP contribution < -0.4 is 0 Å². The molecule has 0 spiro atoms. The summed E-state index contributed by atoms with van der Waals surface area (Å²) in [7, 11) is 1.72. The van der Waals surface area contributed by atoms with Crippen LogP contribution in [0.5, 0.6) is 0 Å². The summed E-state index contributed by atoms with van der Waals surface area (Å²) < 4.78 is 0. The third-order valence-electron chi connectivity index (χ3n) is 2.70. The molecule has 4 nitrogen and oxygen atoms in total. The Morgan fingerprint density at radius 3 is 2.67 bits per heavy atom. The Labute approximate surface area is 89.6 Å². The Hall–Kier alpha value is -1.32. The van der Waals surface area contributed by atoms with Crippen molar-refractivity contribution in [1.29, 1.82) is 0 Å². The zero-order valence-corrected chi connectivity index (χ0v) is 8.98. The van der Waals surface area contributed by atoms with Gasteiger partial charge in [0.15, 0.2) is 0 Å². The fraction of sp³-hybridized carbons (Fsp3) is 0.636. The van der Waals surface area contributed by atoms with E-state index in [0.29, 0.717) is 13.0 Å². The summed E-state index contributed by atoms with van der Waals surface area (Å²) in [6, 6.07) is 0. The molecule has 1 amide bonds. The van der Waals surface area contributed by atoms with Crippen LogP contribution in [-0.4, -0.2) is 35.5 Å². The van der Waals surface area contributed by atoms with Gasteiger partial charge in [0.25, 0.3) is 0 Å². The Kier molecular flexibility index (Phi) is 3.88. The molecule has 15 heavy (non-hydrogen) atoms. The van der Waals surface area contributed by atoms with Crippen molar-refractivity contribution in [2.24, 2.45) is 11.8 Å². The molecule has 1 N–H and O–H groups in total. The van der Waals surface area contributed by atoms with Gasteiger partial charge in [-0.15, -0.1) is 6.58 Å². The third-order valence-corrected chi connectivity index (χ3v) is 2.70. The molecule has 2 atom stereocenters. The molecule has 1 fully saturated rings. The van der Waals surface area contributed by atoms with Crippen LogP contribution in [0.4, 0.5) is 0 Å². The van der Waals surface area contributed by atoms with Gasteiger partial charge in [0.1, 0.15) is 0 Å². The van der Waals surface area contributed by atoms with E-state index in [2.05, 4.69) is 6.58 Å². The lowest BCUT2D eigenvalue weighted by Crippen LogP contribution is -2.30. The lowest BCUT2D eigenvalue weighted by molar-refractivity contribution is -0.141. The van der Waals surface area contributed by atoms with Crippen LogP contribution in [0.2, 0.25) is 0 Å². The molecule has 0 bridgehead atoms. The largest absolute Gasteiger partial charge is 0.481 e. The number of carbonyl (C=O) groups excluding carboxylic acids is 1. The molecule has 84 valence electrons. The van der Waals surface area contributed by atoms with Crippen LogP contribution >= 0.6 is 0 Å². The van der Waals surface area contributed by atoms with Crippen molar-refractivity contribution in [1.82, 2.24) is 4.90 Å². The molecular formula is C11H17NO3. The van der Waals surface area contributed by atoms with Crippen molar-refractivity contribution < 1.29 is 14.7 Å². The molecule has 1 rings (SSSR count). The average molecular weight is 211 g/mol. The van der Waals surface area contributed by atoms with Crippen molar-refractivity contribution >= 4 is 11.9 Å². The quantitative estimate of drug-likeness (QED) is 0.529. The molecule has 0 aliphatic heterocycles. The van der Waals surface area contributed by atoms with Crippen LogP contribution in [-0.2, 0) is 9.59 Å². The molecule has 0 radical (unpaired) electrons. The van der Waals surface area contributed by atoms with E-state index in [9.17, 15) is 9.59 Å². The number of hydrogen-bond acceptors (Lipinski definition) is 2. The van der Waals surface area contributed by atoms with E-state index >= 15 is 0 Å². The molecule has 0 aromatic carbocycles. The normalized spacial score (nSPS) is 23.3. The van der Waals surface area contributed by atoms with Gasteiger partial charge < -0.3 is 10.0 Å². The van der Waals surface area contributed by atoms with Crippen molar-refractivity contribution in [3.63, 3.8) is 0 Å². The number of carboxylic acids is 1. The summed E-state index contributed by atoms with van der Waals surface area (Å²) in [6.45, 7) is 4.28. The summed E-state index contributed by atoms with van der Waals surface area (Å²) in [5.74, 6) is -1.62. The lowest BCUT2D eigenvalue weighted by Gasteiger charge is -2.16. The second kappa shape index (κ2) is 4.96. The number of aliphatic carboxylic acids is 1. The van der Waals surface area contributed by atoms with Crippen LogP contribution in [0.3, 0.4) is 0 Å². The minimum atomic E-state index is -0.854. The number of carbonyl (C=O) groups is 2. The van der Waals surface area contributed by atoms with Gasteiger partial charge in [0, 0.05) is 13.6 Å². The first kappa shape index (κ1) is 11.8. The summed E-state index contributed by atoms with van der Waals surface area (Å²) in [5, 5.41) is 8.68. The van der Waals surface area contributed by atoms with Gasteiger partial charge in [-0.3, -0.25) is 9.59 Å². The van der Waals surface area contributed by atoms with Gasteiger partial charge >= 0.3 is 5.97 Å². The maximum absolute atomic E-state index is 11.7. The standard InChI is InChI=1S/C11H17NO3/c1-3-4-5-6-12(2)10(13)8-7-9(8)11(14)15/h3,8-9H,1,4-7H2,2H3,(H,14,15)/t8-,9+/m1/s1. The molecule has 0 unspecified atom stereocenters. The molecule has 1 aliphatic rings. The minimum absolute atomic E-state index is 0.0357. The number of carboxylic acid groups (broad SMARTS) is 1. The highest BCUT2D eigenvalue weighted by Crippen LogP contribution is 2.39. The second-order valence-electron chi connectivity index (χ2n) is 3.98. The molecule has 4 heteroatoms. The number of nitrogens with zero attached hydrogens (tertiary/aromatic N) is 1. The minimum Gasteiger partial charge on any atom is -0.481 e. The van der Waals surface area contributed by atoms with E-state index in [-0.39, 0.29) is 11.8 Å². The Morgan fingerprint density at radius 1 is 1.53 bits per heavy atom. The van der Waals surface area contributed by atoms with E-state index in [1.807, 2.05) is 6.08 Å². The Morgan fingerprint density at radius 2 is 2.20 bits per heavy atom. The van der Waals surface area contributed by atoms with Gasteiger partial charge in [-0.25, -0.2) is 0 Å². The first-order valence-corrected chi connectivity index (χ1v) is 5.16. The molecule has 0 aromatic heterocycles. The smallest absolute Gasteiger partial charge is 0.307 e. The molecular weight excluding hydrogens is 194 g/mol. The van der Waals surface area contributed by atoms with Crippen LogP contribution in [0.25, 0.3) is 0 Å². The average Bonchev–Trinajstić information content (AvgIpc) is 2.96. The van der Waals surface area contributed by atoms with Crippen LogP contribution in [0, 0.1) is 11.8 Å². The van der Waals surface area contributed by atoms with E-state index in [1.165, 1.54) is 0 Å².